The summed E-state index contributed by atoms with van der Waals surface area (Å²) in [4.78, 5) is 19.1. The van der Waals surface area contributed by atoms with Crippen molar-refractivity contribution in [2.45, 2.75) is 6.42 Å². The van der Waals surface area contributed by atoms with Crippen LogP contribution >= 0.6 is 0 Å². The Balaban J connectivity index is 2.03. The van der Waals surface area contributed by atoms with Gasteiger partial charge in [-0.3, -0.25) is 9.78 Å². The van der Waals surface area contributed by atoms with Crippen molar-refractivity contribution < 1.29 is 9.90 Å². The van der Waals surface area contributed by atoms with Gasteiger partial charge < -0.3 is 5.11 Å². The molecule has 0 saturated heterocycles. The first-order chi connectivity index (χ1) is 9.22. The predicted molar refractivity (Wildman–Crippen MR) is 67.6 cm³/mol. The molecule has 0 aliphatic carbocycles. The molecule has 3 aromatic heterocycles. The van der Waals surface area contributed by atoms with E-state index in [1.54, 1.807) is 23.0 Å². The van der Waals surface area contributed by atoms with E-state index >= 15 is 0 Å². The van der Waals surface area contributed by atoms with Gasteiger partial charge in [0.2, 0.25) is 0 Å². The number of hydrogen-bond acceptors (Lipinski definition) is 4. The number of carbonyl (C=O) groups is 1. The van der Waals surface area contributed by atoms with E-state index in [0.29, 0.717) is 17.0 Å². The Hall–Kier alpha value is -2.76. The Morgan fingerprint density at radius 2 is 2.11 bits per heavy atom. The lowest BCUT2D eigenvalue weighted by molar-refractivity contribution is -0.136. The third-order valence-corrected chi connectivity index (χ3v) is 2.63. The highest BCUT2D eigenvalue weighted by molar-refractivity contribution is 5.69. The van der Waals surface area contributed by atoms with Crippen LogP contribution in [0.15, 0.2) is 42.7 Å². The van der Waals surface area contributed by atoms with Crippen molar-refractivity contribution in [2.75, 3.05) is 0 Å². The average Bonchev–Trinajstić information content (AvgIpc) is 2.79. The van der Waals surface area contributed by atoms with Crippen molar-refractivity contribution in [1.82, 2.24) is 19.6 Å². The molecule has 0 amide bonds. The van der Waals surface area contributed by atoms with Gasteiger partial charge in [-0.05, 0) is 24.3 Å². The van der Waals surface area contributed by atoms with Crippen LogP contribution in [0.1, 0.15) is 5.69 Å². The van der Waals surface area contributed by atoms with Gasteiger partial charge in [-0.15, -0.1) is 0 Å². The molecule has 0 unspecified atom stereocenters. The van der Waals surface area contributed by atoms with Crippen LogP contribution in [-0.2, 0) is 11.2 Å². The highest BCUT2D eigenvalue weighted by atomic mass is 16.4. The summed E-state index contributed by atoms with van der Waals surface area (Å²) in [6.07, 6.45) is 3.21. The summed E-state index contributed by atoms with van der Waals surface area (Å²) >= 11 is 0. The molecule has 1 N–H and O–H groups in total. The van der Waals surface area contributed by atoms with E-state index in [1.165, 1.54) is 0 Å². The maximum absolute atomic E-state index is 10.7. The lowest BCUT2D eigenvalue weighted by Gasteiger charge is -1.99. The number of carboxylic acid groups (broad SMARTS) is 1. The summed E-state index contributed by atoms with van der Waals surface area (Å²) in [5.41, 5.74) is 2.58. The van der Waals surface area contributed by atoms with Crippen LogP contribution in [-0.4, -0.2) is 30.7 Å². The number of nitrogens with zero attached hydrogens (tertiary/aromatic N) is 4. The lowest BCUT2D eigenvalue weighted by atomic mass is 10.2. The SMILES string of the molecule is O=C(O)Cc1cn2nc(-c3ccccn3)ccc2n1. The quantitative estimate of drug-likeness (QED) is 0.764. The van der Waals surface area contributed by atoms with Gasteiger partial charge in [-0.25, -0.2) is 9.50 Å². The number of pyridine rings is 1. The number of aliphatic carboxylic acids is 1. The molecule has 0 saturated carbocycles. The minimum absolute atomic E-state index is 0.109. The van der Waals surface area contributed by atoms with Crippen LogP contribution in [0.4, 0.5) is 0 Å². The molecule has 19 heavy (non-hydrogen) atoms. The third-order valence-electron chi connectivity index (χ3n) is 2.63. The number of aromatic nitrogens is 4. The van der Waals surface area contributed by atoms with Gasteiger partial charge in [-0.1, -0.05) is 6.07 Å². The van der Waals surface area contributed by atoms with E-state index in [-0.39, 0.29) is 6.42 Å². The molecule has 6 heteroatoms. The first-order valence-corrected chi connectivity index (χ1v) is 5.71. The molecule has 0 atom stereocenters. The van der Waals surface area contributed by atoms with Gasteiger partial charge in [0.15, 0.2) is 5.65 Å². The number of imidazole rings is 1. The topological polar surface area (TPSA) is 80.4 Å². The van der Waals surface area contributed by atoms with Crippen molar-refractivity contribution in [3.8, 4) is 11.4 Å². The Bertz CT molecular complexity index is 737. The molecule has 0 radical (unpaired) electrons. The molecule has 3 rings (SSSR count). The molecule has 6 nitrogen and oxygen atoms in total. The smallest absolute Gasteiger partial charge is 0.309 e. The maximum atomic E-state index is 10.7. The maximum Gasteiger partial charge on any atom is 0.309 e. The van der Waals surface area contributed by atoms with Crippen molar-refractivity contribution in [3.63, 3.8) is 0 Å². The molecule has 0 aromatic carbocycles. The molecule has 0 aliphatic heterocycles. The fourth-order valence-electron chi connectivity index (χ4n) is 1.82. The minimum atomic E-state index is -0.909. The molecule has 0 aliphatic rings. The van der Waals surface area contributed by atoms with Crippen LogP contribution in [0.3, 0.4) is 0 Å². The molecule has 94 valence electrons. The second-order valence-electron chi connectivity index (χ2n) is 4.04. The first kappa shape index (κ1) is 11.3. The van der Waals surface area contributed by atoms with Gasteiger partial charge in [0.25, 0.3) is 0 Å². The summed E-state index contributed by atoms with van der Waals surface area (Å²) in [7, 11) is 0. The Kier molecular flexibility index (Phi) is 2.68. The monoisotopic (exact) mass is 254 g/mol. The molecular weight excluding hydrogens is 244 g/mol. The van der Waals surface area contributed by atoms with E-state index < -0.39 is 5.97 Å². The van der Waals surface area contributed by atoms with Gasteiger partial charge in [0.05, 0.1) is 24.0 Å². The van der Waals surface area contributed by atoms with E-state index in [4.69, 9.17) is 5.11 Å². The number of fused-ring (bicyclic) bond motifs is 1. The molecule has 0 fully saturated rings. The predicted octanol–water partition coefficient (Wildman–Crippen LogP) is 1.42. The molecule has 3 heterocycles. The number of rotatable bonds is 3. The fraction of sp³-hybridized carbons (Fsp3) is 0.0769. The van der Waals surface area contributed by atoms with Crippen LogP contribution in [0.5, 0.6) is 0 Å². The van der Waals surface area contributed by atoms with E-state index in [1.807, 2.05) is 24.3 Å². The normalized spacial score (nSPS) is 10.7. The Labute approximate surface area is 108 Å². The second-order valence-corrected chi connectivity index (χ2v) is 4.04. The van der Waals surface area contributed by atoms with Crippen LogP contribution in [0.2, 0.25) is 0 Å². The number of carboxylic acids is 1. The minimum Gasteiger partial charge on any atom is -0.481 e. The second kappa shape index (κ2) is 4.49. The zero-order chi connectivity index (χ0) is 13.2. The lowest BCUT2D eigenvalue weighted by Crippen LogP contribution is -1.99. The average molecular weight is 254 g/mol. The van der Waals surface area contributed by atoms with Crippen LogP contribution in [0, 0.1) is 0 Å². The highest BCUT2D eigenvalue weighted by Gasteiger charge is 2.08. The molecular formula is C13H10N4O2. The fourth-order valence-corrected chi connectivity index (χ4v) is 1.82. The summed E-state index contributed by atoms with van der Waals surface area (Å²) in [5.74, 6) is -0.909. The van der Waals surface area contributed by atoms with Gasteiger partial charge in [-0.2, -0.15) is 5.10 Å². The Morgan fingerprint density at radius 3 is 2.84 bits per heavy atom. The number of hydrogen-bond donors (Lipinski definition) is 1. The van der Waals surface area contributed by atoms with Crippen LogP contribution < -0.4 is 0 Å². The Morgan fingerprint density at radius 1 is 1.21 bits per heavy atom. The van der Waals surface area contributed by atoms with Crippen molar-refractivity contribution >= 4 is 11.6 Å². The van der Waals surface area contributed by atoms with E-state index in [9.17, 15) is 4.79 Å². The molecule has 3 aromatic rings. The van der Waals surface area contributed by atoms with Gasteiger partial charge in [0, 0.05) is 6.20 Å². The first-order valence-electron chi connectivity index (χ1n) is 5.71. The van der Waals surface area contributed by atoms with Crippen molar-refractivity contribution in [2.24, 2.45) is 0 Å². The van der Waals surface area contributed by atoms with Crippen LogP contribution in [0.25, 0.3) is 17.0 Å². The largest absolute Gasteiger partial charge is 0.481 e. The zero-order valence-corrected chi connectivity index (χ0v) is 9.89. The standard InChI is InChI=1S/C13H10N4O2/c18-13(19)7-9-8-17-12(15-9)5-4-11(16-17)10-3-1-2-6-14-10/h1-6,8H,7H2,(H,18,19). The molecule has 0 spiro atoms. The third kappa shape index (κ3) is 2.28. The molecule has 0 bridgehead atoms. The van der Waals surface area contributed by atoms with Crippen molar-refractivity contribution in [3.05, 3.63) is 48.4 Å². The summed E-state index contributed by atoms with van der Waals surface area (Å²) in [5, 5.41) is 13.1. The van der Waals surface area contributed by atoms with Crippen molar-refractivity contribution in [1.29, 1.82) is 0 Å². The summed E-state index contributed by atoms with van der Waals surface area (Å²) < 4.78 is 1.57. The van der Waals surface area contributed by atoms with E-state index in [2.05, 4.69) is 15.1 Å². The van der Waals surface area contributed by atoms with Gasteiger partial charge in [0.1, 0.15) is 5.69 Å². The summed E-state index contributed by atoms with van der Waals surface area (Å²) in [6.45, 7) is 0. The summed E-state index contributed by atoms with van der Waals surface area (Å²) in [6, 6.07) is 9.20. The van der Waals surface area contributed by atoms with Gasteiger partial charge >= 0.3 is 5.97 Å². The highest BCUT2D eigenvalue weighted by Crippen LogP contribution is 2.14. The van der Waals surface area contributed by atoms with E-state index in [0.717, 1.165) is 5.69 Å². The zero-order valence-electron chi connectivity index (χ0n) is 9.89.